The molecule has 1 spiro atoms. The summed E-state index contributed by atoms with van der Waals surface area (Å²) >= 11 is 4.88. The van der Waals surface area contributed by atoms with Crippen molar-refractivity contribution in [1.29, 1.82) is 0 Å². The first-order valence-corrected chi connectivity index (χ1v) is 28.2. The molecule has 2 aliphatic carbocycles. The number of alkyl halides is 2. The molecule has 1 amide bonds. The van der Waals surface area contributed by atoms with Gasteiger partial charge in [-0.3, -0.25) is 14.6 Å². The number of amides is 1. The molecule has 0 bridgehead atoms. The van der Waals surface area contributed by atoms with Crippen LogP contribution in [0.5, 0.6) is 23.1 Å². The molecular weight excluding hydrogens is 1040 g/mol. The average molecular weight is 1110 g/mol. The number of rotatable bonds is 17. The number of sulfonamides is 1. The van der Waals surface area contributed by atoms with Crippen LogP contribution in [0.15, 0.2) is 101 Å². The average Bonchev–Trinajstić information content (AvgIpc) is 3.93. The van der Waals surface area contributed by atoms with Gasteiger partial charge in [-0.2, -0.15) is 9.98 Å². The van der Waals surface area contributed by atoms with Crippen LogP contribution in [0.2, 0.25) is 0 Å². The molecule has 4 N–H and O–H groups in total. The maximum absolute atomic E-state index is 15.3. The molecule has 1 unspecified atom stereocenters. The topological polar surface area (TPSA) is 187 Å². The molecule has 5 heterocycles. The SMILES string of the molecule is COc1ccc(CN2CCN(C3CC4(CCN(c5ccc(C(=O)NS(=O)(=O)c6cnc(NCC7CCC(C)(O)CC7)c(N=C=S)c6)c(Oc6cc7c(F)c[nH]c7nc6OC)c5)CC4)C3)C(c3ccccc3C(C)(F)F)C2)cc1. The second-order valence-corrected chi connectivity index (χ2v) is 23.5. The van der Waals surface area contributed by atoms with E-state index in [1.807, 2.05) is 43.3 Å². The van der Waals surface area contributed by atoms with E-state index in [1.165, 1.54) is 25.3 Å². The fourth-order valence-electron chi connectivity index (χ4n) is 11.8. The van der Waals surface area contributed by atoms with Crippen LogP contribution in [0.1, 0.15) is 98.3 Å². The first-order valence-electron chi connectivity index (χ1n) is 26.3. The predicted octanol–water partition coefficient (Wildman–Crippen LogP) is 10.5. The molecule has 0 radical (unpaired) electrons. The van der Waals surface area contributed by atoms with E-state index < -0.39 is 33.3 Å². The lowest BCUT2D eigenvalue weighted by molar-refractivity contribution is -0.0644. The van der Waals surface area contributed by atoms with Crippen molar-refractivity contribution in [2.45, 2.75) is 100 Å². The summed E-state index contributed by atoms with van der Waals surface area (Å²) < 4.78 is 92.9. The maximum atomic E-state index is 15.3. The van der Waals surface area contributed by atoms with Gasteiger partial charge in [0.15, 0.2) is 11.6 Å². The van der Waals surface area contributed by atoms with Crippen molar-refractivity contribution in [3.63, 3.8) is 0 Å². The number of halogens is 3. The molecule has 16 nitrogen and oxygen atoms in total. The summed E-state index contributed by atoms with van der Waals surface area (Å²) in [5.41, 5.74) is 2.06. The number of isothiocyanates is 1. The summed E-state index contributed by atoms with van der Waals surface area (Å²) in [5.74, 6) is -3.37. The minimum Gasteiger partial charge on any atom is -0.497 e. The number of aliphatic imine (C=N–C) groups is 1. The van der Waals surface area contributed by atoms with Gasteiger partial charge in [0.1, 0.15) is 33.5 Å². The highest BCUT2D eigenvalue weighted by Crippen LogP contribution is 2.54. The first-order chi connectivity index (χ1) is 37.3. The van der Waals surface area contributed by atoms with Gasteiger partial charge in [0.25, 0.3) is 27.7 Å². The molecule has 2 saturated carbocycles. The zero-order chi connectivity index (χ0) is 55.0. The summed E-state index contributed by atoms with van der Waals surface area (Å²) in [5, 5.41) is 16.0. The van der Waals surface area contributed by atoms with Crippen LogP contribution in [0, 0.1) is 17.2 Å². The van der Waals surface area contributed by atoms with Gasteiger partial charge in [0.2, 0.25) is 0 Å². The number of carbonyl (C=O) groups is 1. The second-order valence-electron chi connectivity index (χ2n) is 21.7. The number of hydrogen-bond acceptors (Lipinski definition) is 15. The minimum atomic E-state index is -4.58. The number of pyridine rings is 2. The van der Waals surface area contributed by atoms with Gasteiger partial charge >= 0.3 is 0 Å². The third-order valence-corrected chi connectivity index (χ3v) is 17.7. The number of piperidine rings is 1. The van der Waals surface area contributed by atoms with Crippen LogP contribution >= 0.6 is 12.2 Å². The Balaban J connectivity index is 0.860. The Morgan fingerprint density at radius 1 is 0.974 bits per heavy atom. The van der Waals surface area contributed by atoms with E-state index in [-0.39, 0.29) is 79.4 Å². The number of H-pyrrole nitrogens is 1. The monoisotopic (exact) mass is 1110 g/mol. The third-order valence-electron chi connectivity index (χ3n) is 16.3. The molecule has 3 aromatic carbocycles. The Kier molecular flexibility index (Phi) is 15.6. The number of nitrogens with one attached hydrogen (secondary N) is 3. The number of anilines is 2. The number of fused-ring (bicyclic) bond motifs is 1. The van der Waals surface area contributed by atoms with E-state index >= 15 is 8.78 Å². The van der Waals surface area contributed by atoms with Crippen LogP contribution in [-0.2, 0) is 22.5 Å². The number of carbonyl (C=O) groups excluding carboxylic acids is 1. The molecule has 10 rings (SSSR count). The van der Waals surface area contributed by atoms with Crippen LogP contribution in [0.3, 0.4) is 0 Å². The van der Waals surface area contributed by atoms with E-state index in [4.69, 9.17) is 26.4 Å². The predicted molar refractivity (Wildman–Crippen MR) is 294 cm³/mol. The van der Waals surface area contributed by atoms with Gasteiger partial charge in [0, 0.05) is 101 Å². The van der Waals surface area contributed by atoms with Crippen molar-refractivity contribution in [2.75, 3.05) is 63.7 Å². The number of benzene rings is 3. The number of thiocarbonyl (C=S) groups is 1. The van der Waals surface area contributed by atoms with Gasteiger partial charge in [-0.15, -0.1) is 0 Å². The number of hydrogen-bond donors (Lipinski definition) is 4. The number of aliphatic hydroxyl groups is 1. The van der Waals surface area contributed by atoms with Gasteiger partial charge in [-0.1, -0.05) is 36.4 Å². The standard InChI is InChI=1S/C57H64F3N9O7S2/c1-55(71)17-15-36(16-18-55)30-61-52-47(64-35-77)26-41(31-62-52)78(72,73)66-53(70)43-14-11-38(25-49(43)76-50-27-44-46(58)32-63-51(44)65-54(50)75-4)68-21-19-57(20-22-68)28-39(29-57)69-24-23-67(33-37-9-12-40(74-3)13-10-37)34-48(69)42-7-5-6-8-45(42)56(2,59)60/h5-14,25-27,31-32,36,39,48,71H,15-24,28-30,33-34H2,1-4H3,(H,61,62)(H,63,65)(H,66,70). The lowest BCUT2D eigenvalue weighted by Gasteiger charge is -2.58. The normalized spacial score (nSPS) is 21.2. The molecule has 2 aliphatic heterocycles. The minimum absolute atomic E-state index is 0.0114. The number of aromatic amines is 1. The molecule has 6 aromatic rings. The van der Waals surface area contributed by atoms with Crippen molar-refractivity contribution < 1.29 is 45.7 Å². The summed E-state index contributed by atoms with van der Waals surface area (Å²) in [7, 11) is -1.57. The molecule has 3 aromatic heterocycles. The fraction of sp³-hybridized carbons (Fsp3) is 0.439. The van der Waals surface area contributed by atoms with Crippen molar-refractivity contribution in [1.82, 2.24) is 29.5 Å². The Labute approximate surface area is 457 Å². The van der Waals surface area contributed by atoms with Crippen LogP contribution in [-0.4, -0.2) is 114 Å². The number of ether oxygens (including phenoxy) is 3. The van der Waals surface area contributed by atoms with E-state index in [2.05, 4.69) is 49.8 Å². The van der Waals surface area contributed by atoms with Gasteiger partial charge < -0.3 is 34.5 Å². The summed E-state index contributed by atoms with van der Waals surface area (Å²) in [4.78, 5) is 36.4. The Morgan fingerprint density at radius 3 is 2.42 bits per heavy atom. The Bertz CT molecular complexity index is 3330. The summed E-state index contributed by atoms with van der Waals surface area (Å²) in [6.45, 7) is 7.47. The lowest BCUT2D eigenvalue weighted by atomic mass is 9.59. The molecule has 2 saturated heterocycles. The molecule has 21 heteroatoms. The van der Waals surface area contributed by atoms with Crippen LogP contribution in [0.25, 0.3) is 11.0 Å². The smallest absolute Gasteiger partial charge is 0.270 e. The number of piperazine rings is 1. The van der Waals surface area contributed by atoms with Gasteiger partial charge in [0.05, 0.1) is 35.9 Å². The molecule has 1 atom stereocenters. The zero-order valence-electron chi connectivity index (χ0n) is 44.0. The number of methoxy groups -OCH3 is 2. The molecular formula is C57H64F3N9O7S2. The number of nitrogens with zero attached hydrogens (tertiary/aromatic N) is 6. The van der Waals surface area contributed by atoms with Crippen LogP contribution < -0.4 is 29.1 Å². The molecule has 412 valence electrons. The van der Waals surface area contributed by atoms with Crippen molar-refractivity contribution >= 4 is 61.5 Å². The maximum Gasteiger partial charge on any atom is 0.270 e. The zero-order valence-corrected chi connectivity index (χ0v) is 45.7. The van der Waals surface area contributed by atoms with Crippen molar-refractivity contribution in [3.05, 3.63) is 119 Å². The van der Waals surface area contributed by atoms with Crippen LogP contribution in [0.4, 0.5) is 30.4 Å². The molecule has 4 aliphatic rings. The molecule has 78 heavy (non-hydrogen) atoms. The largest absolute Gasteiger partial charge is 0.497 e. The van der Waals surface area contributed by atoms with E-state index in [0.717, 1.165) is 82.2 Å². The van der Waals surface area contributed by atoms with E-state index in [9.17, 15) is 22.7 Å². The van der Waals surface area contributed by atoms with E-state index in [1.54, 1.807) is 31.4 Å². The van der Waals surface area contributed by atoms with E-state index in [0.29, 0.717) is 56.8 Å². The first kappa shape index (κ1) is 54.7. The highest BCUT2D eigenvalue weighted by atomic mass is 32.2. The summed E-state index contributed by atoms with van der Waals surface area (Å²) in [6.07, 6.45) is 8.76. The second kappa shape index (κ2) is 22.3. The fourth-order valence-corrected chi connectivity index (χ4v) is 12.9. The highest BCUT2D eigenvalue weighted by Gasteiger charge is 2.50. The van der Waals surface area contributed by atoms with Crippen molar-refractivity contribution in [3.8, 4) is 23.1 Å². The Hall–Kier alpha value is -6.61. The third kappa shape index (κ3) is 11.9. The quantitative estimate of drug-likeness (QED) is 0.0499. The molecule has 4 fully saturated rings. The number of aromatic nitrogens is 3. The van der Waals surface area contributed by atoms with Crippen molar-refractivity contribution in [2.24, 2.45) is 16.3 Å². The Morgan fingerprint density at radius 2 is 1.72 bits per heavy atom. The summed E-state index contributed by atoms with van der Waals surface area (Å²) in [6, 6.07) is 22.4. The highest BCUT2D eigenvalue weighted by molar-refractivity contribution is 7.90. The lowest BCUT2D eigenvalue weighted by Crippen LogP contribution is -2.60. The van der Waals surface area contributed by atoms with Gasteiger partial charge in [-0.25, -0.2) is 31.3 Å². The van der Waals surface area contributed by atoms with Gasteiger partial charge in [-0.05, 0) is 123 Å².